The number of carbonyl (C=O) groups excluding carboxylic acids is 9. The number of hydrogen-bond acceptors (Lipinski definition) is 18. The lowest BCUT2D eigenvalue weighted by molar-refractivity contribution is -0.132. The Kier molecular flexibility index (Phi) is 21.8. The van der Waals surface area contributed by atoms with Crippen molar-refractivity contribution in [2.45, 2.75) is 168 Å². The van der Waals surface area contributed by atoms with Gasteiger partial charge in [-0.3, -0.25) is 38.4 Å². The van der Waals surface area contributed by atoms with Crippen molar-refractivity contribution < 1.29 is 71.9 Å². The average Bonchev–Trinajstić information content (AvgIpc) is 1.56. The number of unbranched alkanes of at least 4 members (excludes halogenated alkanes) is 2. The minimum atomic E-state index is -1.47. The van der Waals surface area contributed by atoms with E-state index in [1.54, 1.807) is 67.2 Å². The summed E-state index contributed by atoms with van der Waals surface area (Å²) < 4.78 is 31.9. The number of rotatable bonds is 27. The SMILES string of the molecule is COc1cc2c(cc1OCCCCCOc1cc3c(cc1OC)C(=O)N1CC4(CC4)C[C@H]1[C@H](O)N3C(=O)OCc1ccc(NC(=O)[C@H](C)NC(=O)[C@@H](NC(=O)CNC(=O)CNC(=O)CCC(=O)N3Cc4ccccc4-c4c(nnn4C(C)(C)C(C)C)-c4ccccc43)C(C)C)cc1)NC[C@@H]1CC3(CC3)CN1C2=O. The van der Waals surface area contributed by atoms with E-state index in [-0.39, 0.29) is 90.4 Å². The molecule has 572 valence electrons. The summed E-state index contributed by atoms with van der Waals surface area (Å²) in [5.74, 6) is -2.52. The summed E-state index contributed by atoms with van der Waals surface area (Å²) in [5, 5.41) is 38.0. The van der Waals surface area contributed by atoms with E-state index in [0.29, 0.717) is 90.5 Å². The fourth-order valence-electron chi connectivity index (χ4n) is 15.2. The van der Waals surface area contributed by atoms with Crippen molar-refractivity contribution in [3.8, 4) is 45.5 Å². The van der Waals surface area contributed by atoms with Crippen LogP contribution in [0.5, 0.6) is 23.0 Å². The number of anilines is 4. The smallest absolute Gasteiger partial charge is 0.416 e. The number of nitrogens with zero attached hydrogens (tertiary/aromatic N) is 7. The number of para-hydroxylation sites is 1. The molecular formula is C80H97N13O15. The van der Waals surface area contributed by atoms with Crippen LogP contribution >= 0.6 is 0 Å². The molecule has 108 heavy (non-hydrogen) atoms. The fourth-order valence-corrected chi connectivity index (χ4v) is 15.2. The molecule has 28 nitrogen and oxygen atoms in total. The largest absolute Gasteiger partial charge is 0.493 e. The molecule has 7 N–H and O–H groups in total. The van der Waals surface area contributed by atoms with Gasteiger partial charge in [0.05, 0.1) is 92.5 Å². The zero-order valence-electron chi connectivity index (χ0n) is 62.7. The maximum absolute atomic E-state index is 14.5. The van der Waals surface area contributed by atoms with Crippen LogP contribution in [0.1, 0.15) is 151 Å². The fraction of sp³-hybridized carbons (Fsp3) is 0.487. The lowest BCUT2D eigenvalue weighted by Crippen LogP contribution is -2.55. The summed E-state index contributed by atoms with van der Waals surface area (Å²) in [5.41, 5.74) is 6.80. The lowest BCUT2D eigenvalue weighted by atomic mass is 9.88. The predicted molar refractivity (Wildman–Crippen MR) is 401 cm³/mol. The third-order valence-electron chi connectivity index (χ3n) is 22.6. The lowest BCUT2D eigenvalue weighted by Gasteiger charge is -2.33. The van der Waals surface area contributed by atoms with Gasteiger partial charge in [-0.05, 0) is 143 Å². The van der Waals surface area contributed by atoms with Crippen LogP contribution in [-0.4, -0.2) is 174 Å². The van der Waals surface area contributed by atoms with Gasteiger partial charge in [-0.1, -0.05) is 87.5 Å². The molecule has 2 aliphatic carbocycles. The Balaban J connectivity index is 0.555. The molecule has 6 heterocycles. The molecule has 4 fully saturated rings. The van der Waals surface area contributed by atoms with E-state index in [0.717, 1.165) is 58.8 Å². The van der Waals surface area contributed by atoms with E-state index in [1.807, 2.05) is 64.2 Å². The molecule has 2 saturated heterocycles. The monoisotopic (exact) mass is 1480 g/mol. The van der Waals surface area contributed by atoms with Gasteiger partial charge >= 0.3 is 6.09 Å². The molecule has 9 amide bonds. The highest BCUT2D eigenvalue weighted by molar-refractivity contribution is 6.07. The Hall–Kier alpha value is -10.8. The van der Waals surface area contributed by atoms with Crippen LogP contribution in [0.25, 0.3) is 22.5 Å². The Morgan fingerprint density at radius 3 is 1.98 bits per heavy atom. The van der Waals surface area contributed by atoms with Crippen molar-refractivity contribution in [3.05, 3.63) is 119 Å². The number of methoxy groups -OCH3 is 2. The van der Waals surface area contributed by atoms with E-state index in [9.17, 15) is 48.3 Å². The molecule has 7 aliphatic rings. The third kappa shape index (κ3) is 15.8. The minimum absolute atomic E-state index is 0.0181. The van der Waals surface area contributed by atoms with Crippen LogP contribution in [0, 0.1) is 22.7 Å². The minimum Gasteiger partial charge on any atom is -0.493 e. The first-order valence-corrected chi connectivity index (χ1v) is 37.5. The molecular weight excluding hydrogens is 1380 g/mol. The number of aliphatic hydroxyl groups is 1. The first-order chi connectivity index (χ1) is 51.8. The summed E-state index contributed by atoms with van der Waals surface area (Å²) in [4.78, 5) is 130. The molecule has 2 spiro atoms. The van der Waals surface area contributed by atoms with Crippen molar-refractivity contribution in [2.75, 3.05) is 80.6 Å². The number of benzene rings is 5. The first-order valence-electron chi connectivity index (χ1n) is 37.5. The molecule has 0 unspecified atom stereocenters. The van der Waals surface area contributed by atoms with Gasteiger partial charge < -0.3 is 75.4 Å². The van der Waals surface area contributed by atoms with E-state index < -0.39 is 84.5 Å². The molecule has 5 atom stereocenters. The van der Waals surface area contributed by atoms with Crippen LogP contribution < -0.4 is 60.6 Å². The molecule has 13 rings (SSSR count). The van der Waals surface area contributed by atoms with E-state index in [4.69, 9.17) is 23.7 Å². The van der Waals surface area contributed by atoms with Crippen molar-refractivity contribution in [3.63, 3.8) is 0 Å². The van der Waals surface area contributed by atoms with Gasteiger partial charge in [-0.25, -0.2) is 14.4 Å². The number of carbonyl (C=O) groups is 9. The molecule has 5 aromatic carbocycles. The summed E-state index contributed by atoms with van der Waals surface area (Å²) in [6.45, 7) is 14.9. The van der Waals surface area contributed by atoms with E-state index in [1.165, 1.54) is 32.9 Å². The van der Waals surface area contributed by atoms with Gasteiger partial charge in [0.15, 0.2) is 29.2 Å². The molecule has 0 bridgehead atoms. The number of aromatic nitrogens is 3. The second kappa shape index (κ2) is 31.2. The zero-order chi connectivity index (χ0) is 76.5. The predicted octanol–water partition coefficient (Wildman–Crippen LogP) is 8.68. The van der Waals surface area contributed by atoms with Crippen molar-refractivity contribution in [2.24, 2.45) is 22.7 Å². The number of hydrogen-bond donors (Lipinski definition) is 7. The highest BCUT2D eigenvalue weighted by Gasteiger charge is 2.58. The van der Waals surface area contributed by atoms with Crippen LogP contribution in [-0.2, 0) is 52.2 Å². The van der Waals surface area contributed by atoms with Crippen molar-refractivity contribution in [1.82, 2.24) is 46.1 Å². The van der Waals surface area contributed by atoms with Crippen molar-refractivity contribution in [1.29, 1.82) is 0 Å². The Labute approximate surface area is 627 Å². The molecule has 28 heteroatoms. The maximum Gasteiger partial charge on any atom is 0.416 e. The standard InChI is InChI=1S/C80H97N13O15/c1-46(2)69(86-67(96)41-83-66(95)40-82-65(94)25-26-68(97)89-42-50-17-11-12-18-53(50)71-70(54-19-13-14-20-58(54)89)87-88-93(71)78(6,7)47(3)4)73(99)84-48(5)72(98)85-51-23-21-49(22-24-51)43-108-77(103)92-59-36-64(62(105-9)34-56(59)75(101)91-45-80(29-30-80)38-60(91)76(92)102)107-32-16-10-15-31-106-63-35-57-55(33-61(63)104-8)74(100)90-44-79(27-28-79)37-52(90)39-81-57/h11-14,17-24,33-36,46-48,52,60,69,76,81,102H,10,15-16,25-32,37-45H2,1-9H3,(H,82,94)(H,83,95)(H,84,99)(H,85,98)(H,86,96)/t48-,52-,60-,69-,76-/m0/s1. The van der Waals surface area contributed by atoms with Gasteiger partial charge in [-0.15, -0.1) is 5.10 Å². The van der Waals surface area contributed by atoms with E-state index in [2.05, 4.69) is 69.9 Å². The third-order valence-corrected chi connectivity index (χ3v) is 22.6. The van der Waals surface area contributed by atoms with Crippen LogP contribution in [0.15, 0.2) is 97.1 Å². The summed E-state index contributed by atoms with van der Waals surface area (Å²) in [6.07, 6.45) is 4.90. The van der Waals surface area contributed by atoms with Gasteiger partial charge in [0.25, 0.3) is 11.8 Å². The van der Waals surface area contributed by atoms with Gasteiger partial charge in [0.1, 0.15) is 24.4 Å². The Morgan fingerprint density at radius 2 is 1.30 bits per heavy atom. The van der Waals surface area contributed by atoms with Gasteiger partial charge in [0, 0.05) is 67.5 Å². The Morgan fingerprint density at radius 1 is 0.667 bits per heavy atom. The molecule has 6 aromatic rings. The Bertz CT molecular complexity index is 4470. The topological polar surface area (TPSA) is 336 Å². The quantitative estimate of drug-likeness (QED) is 0.0237. The summed E-state index contributed by atoms with van der Waals surface area (Å²) in [6, 6.07) is 25.7. The van der Waals surface area contributed by atoms with E-state index >= 15 is 0 Å². The van der Waals surface area contributed by atoms with Gasteiger partial charge in [0.2, 0.25) is 35.4 Å². The number of nitrogens with one attached hydrogen (secondary N) is 6. The van der Waals surface area contributed by atoms with Crippen molar-refractivity contribution >= 4 is 76.1 Å². The number of ether oxygens (including phenoxy) is 5. The van der Waals surface area contributed by atoms with Gasteiger partial charge in [-0.2, -0.15) is 0 Å². The highest BCUT2D eigenvalue weighted by Crippen LogP contribution is 2.58. The first kappa shape index (κ1) is 75.5. The number of amides is 9. The van der Waals surface area contributed by atoms with Crippen LogP contribution in [0.2, 0.25) is 0 Å². The molecule has 0 radical (unpaired) electrons. The average molecular weight is 1480 g/mol. The number of aliphatic hydroxyl groups excluding tert-OH is 1. The normalized spacial score (nSPS) is 18.7. The summed E-state index contributed by atoms with van der Waals surface area (Å²) in [7, 11) is 3.03. The highest BCUT2D eigenvalue weighted by atomic mass is 16.6. The molecule has 2 saturated carbocycles. The second-order valence-corrected chi connectivity index (χ2v) is 31.0. The zero-order valence-corrected chi connectivity index (χ0v) is 62.7. The number of fused-ring (bicyclic) bond motifs is 9. The van der Waals surface area contributed by atoms with Crippen LogP contribution in [0.3, 0.4) is 0 Å². The maximum atomic E-state index is 14.5. The molecule has 1 aromatic heterocycles. The second-order valence-electron chi connectivity index (χ2n) is 31.0. The van der Waals surface area contributed by atoms with Crippen LogP contribution in [0.4, 0.5) is 27.5 Å². The molecule has 5 aliphatic heterocycles. The summed E-state index contributed by atoms with van der Waals surface area (Å²) >= 11 is 0.